The number of aliphatic hydroxyl groups is 1. The molecule has 0 bridgehead atoms. The van der Waals surface area contributed by atoms with Gasteiger partial charge < -0.3 is 10.4 Å². The van der Waals surface area contributed by atoms with Crippen molar-refractivity contribution in [3.63, 3.8) is 0 Å². The van der Waals surface area contributed by atoms with Crippen LogP contribution in [0.2, 0.25) is 0 Å². The van der Waals surface area contributed by atoms with Gasteiger partial charge in [0.1, 0.15) is 0 Å². The molecule has 0 atom stereocenters. The van der Waals surface area contributed by atoms with E-state index in [1.165, 1.54) is 11.3 Å². The highest BCUT2D eigenvalue weighted by molar-refractivity contribution is 7.14. The van der Waals surface area contributed by atoms with Crippen LogP contribution < -0.4 is 10.6 Å². The molecule has 2 amide bonds. The summed E-state index contributed by atoms with van der Waals surface area (Å²) in [6.07, 6.45) is 4.60. The first kappa shape index (κ1) is 16.4. The highest BCUT2D eigenvalue weighted by Crippen LogP contribution is 2.24. The molecule has 22 heavy (non-hydrogen) atoms. The Bertz CT molecular complexity index is 611. The molecule has 0 aromatic carbocycles. The second kappa shape index (κ2) is 7.33. The molecular formula is C15H20N4O2S. The first-order valence-corrected chi connectivity index (χ1v) is 8.07. The van der Waals surface area contributed by atoms with E-state index in [4.69, 9.17) is 0 Å². The number of hydrogen-bond donors (Lipinski definition) is 3. The topological polar surface area (TPSA) is 87.1 Å². The normalized spacial score (nSPS) is 11.2. The van der Waals surface area contributed by atoms with Crippen LogP contribution in [-0.4, -0.2) is 33.3 Å². The van der Waals surface area contributed by atoms with Gasteiger partial charge in [0.2, 0.25) is 0 Å². The monoisotopic (exact) mass is 320 g/mol. The number of pyridine rings is 1. The zero-order valence-corrected chi connectivity index (χ0v) is 13.5. The predicted octanol–water partition coefficient (Wildman–Crippen LogP) is 2.88. The van der Waals surface area contributed by atoms with E-state index in [-0.39, 0.29) is 12.6 Å². The summed E-state index contributed by atoms with van der Waals surface area (Å²) in [7, 11) is 0. The smallest absolute Gasteiger partial charge is 0.321 e. The Morgan fingerprint density at radius 1 is 1.41 bits per heavy atom. The number of rotatable bonds is 6. The van der Waals surface area contributed by atoms with Crippen molar-refractivity contribution in [3.05, 3.63) is 29.9 Å². The molecule has 0 saturated carbocycles. The van der Waals surface area contributed by atoms with Crippen LogP contribution in [0, 0.1) is 0 Å². The molecule has 0 aliphatic rings. The zero-order chi connectivity index (χ0) is 16.0. The summed E-state index contributed by atoms with van der Waals surface area (Å²) in [5.74, 6) is 0. The molecular weight excluding hydrogens is 300 g/mol. The Kier molecular flexibility index (Phi) is 5.46. The highest BCUT2D eigenvalue weighted by Gasteiger charge is 2.22. The number of hydrogen-bond acceptors (Lipinski definition) is 5. The standard InChI is InChI=1S/C15H20N4O2S/c1-3-15(21,4-2)10-17-13(20)19-14-18-12(9-22-14)11-6-5-7-16-8-11/h5-9,21H,3-4,10H2,1-2H3,(H2,17,18,19,20). The first-order chi connectivity index (χ1) is 10.6. The van der Waals surface area contributed by atoms with Gasteiger partial charge in [-0.15, -0.1) is 11.3 Å². The maximum absolute atomic E-state index is 11.9. The van der Waals surface area contributed by atoms with Crippen LogP contribution >= 0.6 is 11.3 Å². The van der Waals surface area contributed by atoms with E-state index in [0.717, 1.165) is 11.3 Å². The third-order valence-electron chi connectivity index (χ3n) is 3.58. The number of thiazole rings is 1. The van der Waals surface area contributed by atoms with Crippen LogP contribution in [-0.2, 0) is 0 Å². The van der Waals surface area contributed by atoms with E-state index in [0.29, 0.717) is 18.0 Å². The van der Waals surface area contributed by atoms with Gasteiger partial charge in [0.05, 0.1) is 11.3 Å². The quantitative estimate of drug-likeness (QED) is 0.764. The number of urea groups is 1. The lowest BCUT2D eigenvalue weighted by molar-refractivity contribution is 0.0354. The van der Waals surface area contributed by atoms with Gasteiger partial charge in [-0.25, -0.2) is 9.78 Å². The Morgan fingerprint density at radius 3 is 2.82 bits per heavy atom. The fourth-order valence-corrected chi connectivity index (χ4v) is 2.58. The van der Waals surface area contributed by atoms with Gasteiger partial charge >= 0.3 is 6.03 Å². The lowest BCUT2D eigenvalue weighted by atomic mass is 9.98. The van der Waals surface area contributed by atoms with Gasteiger partial charge in [0.25, 0.3) is 0 Å². The van der Waals surface area contributed by atoms with Gasteiger partial charge in [-0.3, -0.25) is 10.3 Å². The predicted molar refractivity (Wildman–Crippen MR) is 87.9 cm³/mol. The fourth-order valence-electron chi connectivity index (χ4n) is 1.86. The summed E-state index contributed by atoms with van der Waals surface area (Å²) >= 11 is 1.34. The van der Waals surface area contributed by atoms with Gasteiger partial charge in [0, 0.05) is 29.9 Å². The minimum absolute atomic E-state index is 0.215. The molecule has 7 heteroatoms. The molecule has 118 valence electrons. The molecule has 2 aromatic rings. The Morgan fingerprint density at radius 2 is 2.18 bits per heavy atom. The van der Waals surface area contributed by atoms with Gasteiger partial charge in [0.15, 0.2) is 5.13 Å². The number of carbonyl (C=O) groups is 1. The number of nitrogens with zero attached hydrogens (tertiary/aromatic N) is 2. The zero-order valence-electron chi connectivity index (χ0n) is 12.7. The Balaban J connectivity index is 1.92. The highest BCUT2D eigenvalue weighted by atomic mass is 32.1. The molecule has 0 aliphatic heterocycles. The van der Waals surface area contributed by atoms with Crippen molar-refractivity contribution >= 4 is 22.5 Å². The van der Waals surface area contributed by atoms with Crippen molar-refractivity contribution in [2.24, 2.45) is 0 Å². The van der Waals surface area contributed by atoms with E-state index in [1.807, 2.05) is 31.4 Å². The van der Waals surface area contributed by atoms with Crippen LogP contribution in [0.3, 0.4) is 0 Å². The average Bonchev–Trinajstić information content (AvgIpc) is 3.02. The van der Waals surface area contributed by atoms with Crippen molar-refractivity contribution in [1.82, 2.24) is 15.3 Å². The summed E-state index contributed by atoms with van der Waals surface area (Å²) in [6.45, 7) is 4.00. The first-order valence-electron chi connectivity index (χ1n) is 7.19. The molecule has 2 aromatic heterocycles. The van der Waals surface area contributed by atoms with Crippen molar-refractivity contribution < 1.29 is 9.90 Å². The molecule has 6 nitrogen and oxygen atoms in total. The maximum Gasteiger partial charge on any atom is 0.321 e. The molecule has 3 N–H and O–H groups in total. The largest absolute Gasteiger partial charge is 0.388 e. The summed E-state index contributed by atoms with van der Waals surface area (Å²) in [6, 6.07) is 3.38. The number of anilines is 1. The number of amides is 2. The number of carbonyl (C=O) groups excluding carboxylic acids is 1. The lowest BCUT2D eigenvalue weighted by Gasteiger charge is -2.25. The van der Waals surface area contributed by atoms with Crippen molar-refractivity contribution in [2.75, 3.05) is 11.9 Å². The third-order valence-corrected chi connectivity index (χ3v) is 4.33. The second-order valence-electron chi connectivity index (χ2n) is 5.02. The molecule has 0 spiro atoms. The van der Waals surface area contributed by atoms with E-state index in [1.54, 1.807) is 12.4 Å². The van der Waals surface area contributed by atoms with E-state index >= 15 is 0 Å². The van der Waals surface area contributed by atoms with E-state index in [9.17, 15) is 9.90 Å². The van der Waals surface area contributed by atoms with E-state index < -0.39 is 5.60 Å². The minimum Gasteiger partial charge on any atom is -0.388 e. The van der Waals surface area contributed by atoms with Crippen molar-refractivity contribution in [1.29, 1.82) is 0 Å². The summed E-state index contributed by atoms with van der Waals surface area (Å²) in [4.78, 5) is 20.3. The van der Waals surface area contributed by atoms with Gasteiger partial charge in [-0.2, -0.15) is 0 Å². The van der Waals surface area contributed by atoms with Gasteiger partial charge in [-0.05, 0) is 25.0 Å². The van der Waals surface area contributed by atoms with Crippen LogP contribution in [0.4, 0.5) is 9.93 Å². The van der Waals surface area contributed by atoms with Gasteiger partial charge in [-0.1, -0.05) is 13.8 Å². The molecule has 0 radical (unpaired) electrons. The SMILES string of the molecule is CCC(O)(CC)CNC(=O)Nc1nc(-c2cccnc2)cs1. The molecule has 0 aliphatic carbocycles. The van der Waals surface area contributed by atoms with Crippen LogP contribution in [0.15, 0.2) is 29.9 Å². The molecule has 2 heterocycles. The molecule has 0 fully saturated rings. The van der Waals surface area contributed by atoms with Crippen LogP contribution in [0.5, 0.6) is 0 Å². The summed E-state index contributed by atoms with van der Waals surface area (Å²) in [5, 5.41) is 17.9. The van der Waals surface area contributed by atoms with Crippen molar-refractivity contribution in [2.45, 2.75) is 32.3 Å². The molecule has 0 saturated heterocycles. The number of aromatic nitrogens is 2. The third kappa shape index (κ3) is 4.25. The molecule has 0 unspecified atom stereocenters. The average molecular weight is 320 g/mol. The maximum atomic E-state index is 11.9. The minimum atomic E-state index is -0.860. The fraction of sp³-hybridized carbons (Fsp3) is 0.400. The summed E-state index contributed by atoms with van der Waals surface area (Å²) in [5.41, 5.74) is 0.812. The van der Waals surface area contributed by atoms with E-state index in [2.05, 4.69) is 20.6 Å². The Hall–Kier alpha value is -1.99. The Labute approximate surface area is 133 Å². The number of nitrogens with one attached hydrogen (secondary N) is 2. The second-order valence-corrected chi connectivity index (χ2v) is 5.88. The van der Waals surface area contributed by atoms with Crippen LogP contribution in [0.25, 0.3) is 11.3 Å². The van der Waals surface area contributed by atoms with Crippen LogP contribution in [0.1, 0.15) is 26.7 Å². The van der Waals surface area contributed by atoms with Crippen molar-refractivity contribution in [3.8, 4) is 11.3 Å². The molecule has 2 rings (SSSR count). The summed E-state index contributed by atoms with van der Waals surface area (Å²) < 4.78 is 0. The lowest BCUT2D eigenvalue weighted by Crippen LogP contribution is -2.43.